The second-order valence-electron chi connectivity index (χ2n) is 23.4. The van der Waals surface area contributed by atoms with Crippen molar-refractivity contribution in [1.29, 1.82) is 0 Å². The van der Waals surface area contributed by atoms with Crippen LogP contribution in [-0.2, 0) is 87.2 Å². The molecule has 470 valence electrons. The summed E-state index contributed by atoms with van der Waals surface area (Å²) in [6.45, 7) is 16.1. The molecule has 84 heavy (non-hydrogen) atoms. The molecule has 5 fully saturated rings. The van der Waals surface area contributed by atoms with Crippen LogP contribution in [0.1, 0.15) is 129 Å². The van der Waals surface area contributed by atoms with Crippen molar-refractivity contribution in [2.24, 2.45) is 5.92 Å². The van der Waals surface area contributed by atoms with E-state index in [4.69, 9.17) is 66.3 Å². The molecular formula is C58H82O26. The Morgan fingerprint density at radius 1 is 0.690 bits per heavy atom. The SMILES string of the molecule is CO[C@H](C(=O)[C@@H](O)[C@@H](C)OC(C)=O)[C@@H]1Cc2cc3cc(O[C@H]4C[C@@H](O[C@@H]5C[C@@H](O)C[C@@H](C)O5)[C@@H](OC(C)=O)[C@@H](C)O4)c(C)c(O)c3c(O)c2C(=O)[C@H]1O[C@H]1C[C@@H](O[C@H]2C[C@@H](O[C@H]3C[C@](C)(O)[C@@H](OC(C)=O)[C@H](C)O3)[C@H](O)[C@@H](C)O2)[C@H](O)[C@@H](C)O1. The van der Waals surface area contributed by atoms with Gasteiger partial charge in [0.05, 0.1) is 59.8 Å². The standard InChI is InChI=1S/C58H82O26/c1-22-13-34(62)17-40(72-22)83-39-20-42(76-27(6)54(39)78-30(9)60)80-36-16-33-14-32-15-35(55(71-12)53(69)50(66)26(5)73-29(8)59)56(52(68)46(32)51(67)45(33)47(63)23(36)2)84-43-19-37(48(64)25(4)75-43)81-41-18-38(49(65)24(3)74-41)82-44-21-58(11,70)57(28(7)77-44)79-31(10)61/h14,16,22,24-28,34-35,37-44,48-50,54-57,62-67,70H,13,15,17-21H2,1-12H3/t22-,24-,25-,26-,27-,28+,34+,35+,37-,38-,39-,40-,41+,42+,43+,44+,48-,49-,50+,54+,55+,56+,57+,58+/m1/s1. The van der Waals surface area contributed by atoms with Crippen LogP contribution in [0, 0.1) is 12.8 Å². The topological polar surface area (TPSA) is 356 Å². The number of hydrogen-bond acceptors (Lipinski definition) is 26. The Balaban J connectivity index is 1.06. The number of ketones is 2. The summed E-state index contributed by atoms with van der Waals surface area (Å²) in [6.07, 6.45) is -24.1. The van der Waals surface area contributed by atoms with Crippen LogP contribution in [0.3, 0.4) is 0 Å². The fourth-order valence-corrected chi connectivity index (χ4v) is 12.5. The second kappa shape index (κ2) is 26.7. The predicted octanol–water partition coefficient (Wildman–Crippen LogP) is 2.49. The zero-order chi connectivity index (χ0) is 61.5. The number of aromatic hydroxyl groups is 2. The third kappa shape index (κ3) is 14.5. The van der Waals surface area contributed by atoms with Crippen LogP contribution >= 0.6 is 0 Å². The van der Waals surface area contributed by atoms with Crippen LogP contribution in [0.15, 0.2) is 12.1 Å². The highest BCUT2D eigenvalue weighted by atomic mass is 16.7. The van der Waals surface area contributed by atoms with E-state index in [9.17, 15) is 54.9 Å². The van der Waals surface area contributed by atoms with Crippen LogP contribution in [0.25, 0.3) is 10.8 Å². The van der Waals surface area contributed by atoms with Gasteiger partial charge in [-0.3, -0.25) is 24.0 Å². The molecule has 8 rings (SSSR count). The predicted molar refractivity (Wildman–Crippen MR) is 286 cm³/mol. The summed E-state index contributed by atoms with van der Waals surface area (Å²) >= 11 is 0. The number of fused-ring (bicyclic) bond motifs is 2. The zero-order valence-corrected chi connectivity index (χ0v) is 49.3. The number of methoxy groups -OCH3 is 1. The third-order valence-electron chi connectivity index (χ3n) is 16.5. The highest BCUT2D eigenvalue weighted by Gasteiger charge is 2.52. The zero-order valence-electron chi connectivity index (χ0n) is 49.3. The molecule has 0 unspecified atom stereocenters. The van der Waals surface area contributed by atoms with Gasteiger partial charge in [0.2, 0.25) is 6.29 Å². The lowest BCUT2D eigenvalue weighted by Crippen LogP contribution is -2.59. The van der Waals surface area contributed by atoms with Crippen LogP contribution in [0.2, 0.25) is 0 Å². The van der Waals surface area contributed by atoms with Crippen molar-refractivity contribution in [1.82, 2.24) is 0 Å². The molecule has 5 heterocycles. The highest BCUT2D eigenvalue weighted by Crippen LogP contribution is 2.48. The highest BCUT2D eigenvalue weighted by molar-refractivity contribution is 6.11. The molecule has 24 atom stereocenters. The molecular weight excluding hydrogens is 1110 g/mol. The summed E-state index contributed by atoms with van der Waals surface area (Å²) in [4.78, 5) is 65.5. The molecule has 1 aliphatic carbocycles. The first-order chi connectivity index (χ1) is 39.4. The first-order valence-electron chi connectivity index (χ1n) is 28.6. The molecule has 26 nitrogen and oxygen atoms in total. The lowest BCUT2D eigenvalue weighted by Gasteiger charge is -2.46. The number of phenols is 2. The molecule has 2 aromatic rings. The van der Waals surface area contributed by atoms with Gasteiger partial charge in [-0.15, -0.1) is 0 Å². The van der Waals surface area contributed by atoms with Crippen molar-refractivity contribution in [2.45, 2.75) is 262 Å². The van der Waals surface area contributed by atoms with Crippen molar-refractivity contribution in [2.75, 3.05) is 7.11 Å². The smallest absolute Gasteiger partial charge is 0.303 e. The van der Waals surface area contributed by atoms with E-state index in [2.05, 4.69) is 0 Å². The number of carbonyl (C=O) groups excluding carboxylic acids is 5. The molecule has 7 N–H and O–H groups in total. The van der Waals surface area contributed by atoms with E-state index >= 15 is 4.79 Å². The minimum absolute atomic E-state index is 0.00141. The normalized spacial score (nSPS) is 38.4. The molecule has 26 heteroatoms. The Morgan fingerprint density at radius 2 is 1.25 bits per heavy atom. The van der Waals surface area contributed by atoms with Gasteiger partial charge >= 0.3 is 17.9 Å². The summed E-state index contributed by atoms with van der Waals surface area (Å²) in [6, 6.07) is 3.04. The summed E-state index contributed by atoms with van der Waals surface area (Å²) in [5, 5.41) is 80.0. The molecule has 0 radical (unpaired) electrons. The monoisotopic (exact) mass is 1190 g/mol. The number of aliphatic hydroxyl groups excluding tert-OH is 4. The fraction of sp³-hybridized carbons (Fsp3) is 0.741. The summed E-state index contributed by atoms with van der Waals surface area (Å²) in [5.41, 5.74) is -1.53. The Kier molecular flexibility index (Phi) is 20.7. The largest absolute Gasteiger partial charge is 0.507 e. The van der Waals surface area contributed by atoms with Crippen molar-refractivity contribution >= 4 is 40.2 Å². The van der Waals surface area contributed by atoms with Crippen molar-refractivity contribution in [3.63, 3.8) is 0 Å². The van der Waals surface area contributed by atoms with Gasteiger partial charge < -0.3 is 102 Å². The van der Waals surface area contributed by atoms with Crippen LogP contribution in [-0.4, -0.2) is 213 Å². The van der Waals surface area contributed by atoms with E-state index in [1.165, 1.54) is 60.8 Å². The molecule has 6 aliphatic rings. The first-order valence-corrected chi connectivity index (χ1v) is 28.6. The Morgan fingerprint density at radius 3 is 1.83 bits per heavy atom. The van der Waals surface area contributed by atoms with Crippen molar-refractivity contribution < 1.29 is 126 Å². The molecule has 0 spiro atoms. The molecule has 0 aromatic heterocycles. The lowest BCUT2D eigenvalue weighted by molar-refractivity contribution is -0.334. The minimum Gasteiger partial charge on any atom is -0.507 e. The van der Waals surface area contributed by atoms with Crippen LogP contribution < -0.4 is 4.74 Å². The number of carbonyl (C=O) groups is 5. The second-order valence-corrected chi connectivity index (χ2v) is 23.4. The van der Waals surface area contributed by atoms with Gasteiger partial charge in [-0.25, -0.2) is 0 Å². The molecule has 5 aliphatic heterocycles. The molecule has 0 bridgehead atoms. The molecule has 2 aromatic carbocycles. The van der Waals surface area contributed by atoms with E-state index in [0.29, 0.717) is 6.42 Å². The number of hydrogen-bond donors (Lipinski definition) is 7. The minimum atomic E-state index is -1.95. The van der Waals surface area contributed by atoms with E-state index < -0.39 is 182 Å². The van der Waals surface area contributed by atoms with Crippen LogP contribution in [0.5, 0.6) is 17.2 Å². The van der Waals surface area contributed by atoms with Gasteiger partial charge in [0.25, 0.3) is 0 Å². The Hall–Kier alpha value is -4.75. The number of benzene rings is 2. The summed E-state index contributed by atoms with van der Waals surface area (Å²) in [5.74, 6) is -6.13. The molecule has 0 saturated carbocycles. The average Bonchev–Trinajstić information content (AvgIpc) is 2.56. The van der Waals surface area contributed by atoms with Gasteiger partial charge in [-0.05, 0) is 91.3 Å². The lowest BCUT2D eigenvalue weighted by atomic mass is 9.75. The van der Waals surface area contributed by atoms with Gasteiger partial charge in [-0.1, -0.05) is 0 Å². The maximum Gasteiger partial charge on any atom is 0.303 e. The first kappa shape index (κ1) is 65.2. The Labute approximate surface area is 486 Å². The summed E-state index contributed by atoms with van der Waals surface area (Å²) < 4.78 is 84.0. The molecule has 0 amide bonds. The Bertz CT molecular complexity index is 2690. The average molecular weight is 1200 g/mol. The van der Waals surface area contributed by atoms with E-state index in [-0.39, 0.29) is 77.8 Å². The van der Waals surface area contributed by atoms with E-state index in [1.54, 1.807) is 27.7 Å². The number of aliphatic hydroxyl groups is 5. The number of rotatable bonds is 18. The number of Topliss-reactive ketones (excluding diaryl/α,β-unsaturated/α-hetero) is 2. The van der Waals surface area contributed by atoms with Gasteiger partial charge in [0, 0.05) is 71.5 Å². The van der Waals surface area contributed by atoms with E-state index in [0.717, 1.165) is 6.92 Å². The van der Waals surface area contributed by atoms with Crippen molar-refractivity contribution in [3.8, 4) is 17.2 Å². The summed E-state index contributed by atoms with van der Waals surface area (Å²) in [7, 11) is 1.18. The van der Waals surface area contributed by atoms with Crippen molar-refractivity contribution in [3.05, 3.63) is 28.8 Å². The van der Waals surface area contributed by atoms with Gasteiger partial charge in [-0.2, -0.15) is 0 Å². The fourth-order valence-electron chi connectivity index (χ4n) is 12.5. The number of phenolic OH excluding ortho intramolecular Hbond substituents is 2. The maximum atomic E-state index is 15.2. The third-order valence-corrected chi connectivity index (χ3v) is 16.5. The number of ether oxygens (including phenoxy) is 14. The van der Waals surface area contributed by atoms with E-state index in [1.807, 2.05) is 0 Å². The number of esters is 3. The van der Waals surface area contributed by atoms with Crippen LogP contribution in [0.4, 0.5) is 0 Å². The quantitative estimate of drug-likeness (QED) is 0.0832. The maximum absolute atomic E-state index is 15.2. The van der Waals surface area contributed by atoms with Gasteiger partial charge in [0.15, 0.2) is 55.0 Å². The van der Waals surface area contributed by atoms with Gasteiger partial charge in [0.1, 0.15) is 59.5 Å². The molecule has 5 saturated heterocycles.